The molecule has 0 saturated carbocycles. The van der Waals surface area contributed by atoms with Crippen LogP contribution in [-0.2, 0) is 19.4 Å². The molecule has 148 valence electrons. The number of anilines is 2. The van der Waals surface area contributed by atoms with Crippen LogP contribution in [0.5, 0.6) is 0 Å². The number of hydrogen-bond acceptors (Lipinski definition) is 5. The van der Waals surface area contributed by atoms with Crippen molar-refractivity contribution in [3.05, 3.63) is 47.2 Å². The molecule has 0 saturated heterocycles. The molecule has 1 aliphatic heterocycles. The van der Waals surface area contributed by atoms with Gasteiger partial charge in [-0.2, -0.15) is 0 Å². The SMILES string of the molecule is C[C@@H](CC(=O)Nc1ccc(Cl)cc1F)S(=O)(=O)c1ccc2c(c1)NC(=O)CS2. The third-order valence-electron chi connectivity index (χ3n) is 4.12. The van der Waals surface area contributed by atoms with E-state index in [0.29, 0.717) is 5.69 Å². The second-order valence-corrected chi connectivity index (χ2v) is 10.0. The van der Waals surface area contributed by atoms with Gasteiger partial charge < -0.3 is 10.6 Å². The van der Waals surface area contributed by atoms with Crippen molar-refractivity contribution in [3.63, 3.8) is 0 Å². The summed E-state index contributed by atoms with van der Waals surface area (Å²) in [7, 11) is -3.83. The lowest BCUT2D eigenvalue weighted by molar-refractivity contribution is -0.116. The molecule has 3 rings (SSSR count). The lowest BCUT2D eigenvalue weighted by Crippen LogP contribution is -2.26. The fourth-order valence-corrected chi connectivity index (χ4v) is 4.96. The summed E-state index contributed by atoms with van der Waals surface area (Å²) in [5.74, 6) is -1.28. The van der Waals surface area contributed by atoms with Crippen molar-refractivity contribution in [2.75, 3.05) is 16.4 Å². The van der Waals surface area contributed by atoms with Crippen LogP contribution in [0.25, 0.3) is 0 Å². The molecule has 2 aromatic carbocycles. The minimum absolute atomic E-state index is 0.00650. The van der Waals surface area contributed by atoms with Crippen LogP contribution in [-0.4, -0.2) is 31.2 Å². The van der Waals surface area contributed by atoms with E-state index in [1.807, 2.05) is 0 Å². The first-order valence-corrected chi connectivity index (χ1v) is 11.1. The molecule has 2 amide bonds. The van der Waals surface area contributed by atoms with Crippen LogP contribution in [0.3, 0.4) is 0 Å². The maximum atomic E-state index is 13.8. The summed E-state index contributed by atoms with van der Waals surface area (Å²) in [4.78, 5) is 24.5. The number of fused-ring (bicyclic) bond motifs is 1. The van der Waals surface area contributed by atoms with Gasteiger partial charge in [-0.3, -0.25) is 9.59 Å². The molecular formula is C18H16ClFN2O4S2. The van der Waals surface area contributed by atoms with Crippen molar-refractivity contribution < 1.29 is 22.4 Å². The lowest BCUT2D eigenvalue weighted by Gasteiger charge is -2.18. The maximum absolute atomic E-state index is 13.8. The fourth-order valence-electron chi connectivity index (χ4n) is 2.63. The Bertz CT molecular complexity index is 1060. The molecule has 2 N–H and O–H groups in total. The van der Waals surface area contributed by atoms with Crippen LogP contribution in [0.4, 0.5) is 15.8 Å². The highest BCUT2D eigenvalue weighted by molar-refractivity contribution is 8.00. The number of sulfone groups is 1. The zero-order chi connectivity index (χ0) is 20.5. The first-order chi connectivity index (χ1) is 13.2. The molecule has 0 aliphatic carbocycles. The summed E-state index contributed by atoms with van der Waals surface area (Å²) < 4.78 is 39.4. The van der Waals surface area contributed by atoms with Crippen LogP contribution >= 0.6 is 23.4 Å². The zero-order valence-electron chi connectivity index (χ0n) is 14.7. The summed E-state index contributed by atoms with van der Waals surface area (Å²) in [6.07, 6.45) is -0.359. The fraction of sp³-hybridized carbons (Fsp3) is 0.222. The molecule has 1 atom stereocenters. The number of carbonyl (C=O) groups is 2. The molecule has 0 radical (unpaired) electrons. The van der Waals surface area contributed by atoms with Crippen molar-refractivity contribution in [1.29, 1.82) is 0 Å². The molecule has 0 spiro atoms. The van der Waals surface area contributed by atoms with E-state index in [4.69, 9.17) is 11.6 Å². The van der Waals surface area contributed by atoms with Crippen LogP contribution in [0.2, 0.25) is 5.02 Å². The number of benzene rings is 2. The predicted octanol–water partition coefficient (Wildman–Crippen LogP) is 3.71. The number of rotatable bonds is 5. The molecular weight excluding hydrogens is 427 g/mol. The van der Waals surface area contributed by atoms with Gasteiger partial charge in [-0.1, -0.05) is 11.6 Å². The third kappa shape index (κ3) is 4.48. The van der Waals surface area contributed by atoms with E-state index in [0.717, 1.165) is 11.0 Å². The van der Waals surface area contributed by atoms with Gasteiger partial charge in [-0.25, -0.2) is 12.8 Å². The van der Waals surface area contributed by atoms with Gasteiger partial charge in [0, 0.05) is 16.3 Å². The zero-order valence-corrected chi connectivity index (χ0v) is 17.1. The van der Waals surface area contributed by atoms with E-state index >= 15 is 0 Å². The summed E-state index contributed by atoms with van der Waals surface area (Å²) >= 11 is 6.99. The minimum Gasteiger partial charge on any atom is -0.324 e. The summed E-state index contributed by atoms with van der Waals surface area (Å²) in [6, 6.07) is 8.24. The number of thioether (sulfide) groups is 1. The molecule has 10 heteroatoms. The Morgan fingerprint density at radius 1 is 1.32 bits per heavy atom. The van der Waals surface area contributed by atoms with Gasteiger partial charge in [0.2, 0.25) is 11.8 Å². The quantitative estimate of drug-likeness (QED) is 0.736. The van der Waals surface area contributed by atoms with Gasteiger partial charge in [0.15, 0.2) is 9.84 Å². The van der Waals surface area contributed by atoms with Gasteiger partial charge in [0.1, 0.15) is 5.82 Å². The molecule has 6 nitrogen and oxygen atoms in total. The Kier molecular flexibility index (Phi) is 5.97. The van der Waals surface area contributed by atoms with Gasteiger partial charge in [0.05, 0.1) is 27.3 Å². The molecule has 1 heterocycles. The molecule has 0 aromatic heterocycles. The van der Waals surface area contributed by atoms with Gasteiger partial charge >= 0.3 is 0 Å². The van der Waals surface area contributed by atoms with Crippen molar-refractivity contribution >= 4 is 56.4 Å². The van der Waals surface area contributed by atoms with Crippen LogP contribution in [0.15, 0.2) is 46.2 Å². The van der Waals surface area contributed by atoms with Crippen molar-refractivity contribution in [1.82, 2.24) is 0 Å². The van der Waals surface area contributed by atoms with Crippen LogP contribution < -0.4 is 10.6 Å². The smallest absolute Gasteiger partial charge is 0.234 e. The number of halogens is 2. The second kappa shape index (κ2) is 8.10. The molecule has 1 aliphatic rings. The van der Waals surface area contributed by atoms with E-state index in [1.54, 1.807) is 6.07 Å². The van der Waals surface area contributed by atoms with Crippen molar-refractivity contribution in [2.24, 2.45) is 0 Å². The normalized spacial score (nSPS) is 14.8. The molecule has 0 bridgehead atoms. The van der Waals surface area contributed by atoms with Gasteiger partial charge in [0.25, 0.3) is 0 Å². The van der Waals surface area contributed by atoms with Gasteiger partial charge in [-0.05, 0) is 43.3 Å². The number of hydrogen-bond donors (Lipinski definition) is 2. The molecule has 0 fully saturated rings. The highest BCUT2D eigenvalue weighted by Crippen LogP contribution is 2.34. The van der Waals surface area contributed by atoms with E-state index in [-0.39, 0.29) is 33.7 Å². The van der Waals surface area contributed by atoms with Gasteiger partial charge in [-0.15, -0.1) is 11.8 Å². The van der Waals surface area contributed by atoms with E-state index in [1.165, 1.54) is 43.0 Å². The largest absolute Gasteiger partial charge is 0.324 e. The Labute approximate surface area is 170 Å². The predicted molar refractivity (Wildman–Crippen MR) is 107 cm³/mol. The Morgan fingerprint density at radius 3 is 2.79 bits per heavy atom. The number of amides is 2. The summed E-state index contributed by atoms with van der Waals surface area (Å²) in [5.41, 5.74) is 0.356. The Morgan fingerprint density at radius 2 is 2.07 bits per heavy atom. The van der Waals surface area contributed by atoms with E-state index < -0.39 is 26.8 Å². The Balaban J connectivity index is 1.74. The topological polar surface area (TPSA) is 92.3 Å². The maximum Gasteiger partial charge on any atom is 0.234 e. The average molecular weight is 443 g/mol. The molecule has 0 unspecified atom stereocenters. The highest BCUT2D eigenvalue weighted by atomic mass is 35.5. The van der Waals surface area contributed by atoms with Crippen LogP contribution in [0.1, 0.15) is 13.3 Å². The average Bonchev–Trinajstić information content (AvgIpc) is 2.63. The number of nitrogens with one attached hydrogen (secondary N) is 2. The standard InChI is InChI=1S/C18H16ClFN2O4S2/c1-10(6-17(23)21-14-4-2-11(19)7-13(14)20)28(25,26)12-3-5-16-15(8-12)22-18(24)9-27-16/h2-5,7-8,10H,6,9H2,1H3,(H,21,23)(H,22,24)/t10-/m0/s1. The summed E-state index contributed by atoms with van der Waals surface area (Å²) in [5, 5.41) is 4.13. The van der Waals surface area contributed by atoms with Crippen molar-refractivity contribution in [3.8, 4) is 0 Å². The molecule has 28 heavy (non-hydrogen) atoms. The van der Waals surface area contributed by atoms with Crippen LogP contribution in [0, 0.1) is 5.82 Å². The Hall–Kier alpha value is -2.10. The first kappa shape index (κ1) is 20.6. The molecule has 2 aromatic rings. The van der Waals surface area contributed by atoms with Crippen molar-refractivity contribution in [2.45, 2.75) is 28.4 Å². The highest BCUT2D eigenvalue weighted by Gasteiger charge is 2.28. The van der Waals surface area contributed by atoms with E-state index in [2.05, 4.69) is 10.6 Å². The second-order valence-electron chi connectivity index (χ2n) is 6.23. The van der Waals surface area contributed by atoms with E-state index in [9.17, 15) is 22.4 Å². The monoisotopic (exact) mass is 442 g/mol. The first-order valence-electron chi connectivity index (χ1n) is 8.22. The number of carbonyl (C=O) groups excluding carboxylic acids is 2. The minimum atomic E-state index is -3.83. The third-order valence-corrected chi connectivity index (χ3v) is 7.57. The lowest BCUT2D eigenvalue weighted by atomic mass is 10.2. The summed E-state index contributed by atoms with van der Waals surface area (Å²) in [6.45, 7) is 1.40.